The van der Waals surface area contributed by atoms with Gasteiger partial charge in [0, 0.05) is 24.7 Å². The Bertz CT molecular complexity index is 483. The number of nitrogens with one attached hydrogen (secondary N) is 1. The average Bonchev–Trinajstić information content (AvgIpc) is 2.67. The van der Waals surface area contributed by atoms with Gasteiger partial charge in [-0.25, -0.2) is 0 Å². The summed E-state index contributed by atoms with van der Waals surface area (Å²) in [5, 5.41) is 3.07. The minimum absolute atomic E-state index is 0.00732. The second-order valence-corrected chi connectivity index (χ2v) is 5.51. The second kappa shape index (κ2) is 4.23. The van der Waals surface area contributed by atoms with E-state index in [4.69, 9.17) is 0 Å². The van der Waals surface area contributed by atoms with Crippen LogP contribution in [0.5, 0.6) is 0 Å². The van der Waals surface area contributed by atoms with Crippen molar-refractivity contribution in [2.75, 3.05) is 0 Å². The van der Waals surface area contributed by atoms with E-state index in [0.29, 0.717) is 18.6 Å². The number of benzene rings is 1. The van der Waals surface area contributed by atoms with Crippen LogP contribution in [0, 0.1) is 17.8 Å². The Morgan fingerprint density at radius 3 is 2.56 bits per heavy atom. The van der Waals surface area contributed by atoms with Gasteiger partial charge < -0.3 is 5.32 Å². The van der Waals surface area contributed by atoms with E-state index in [1.165, 1.54) is 0 Å². The summed E-state index contributed by atoms with van der Waals surface area (Å²) in [5.74, 6) is 0.726. The highest BCUT2D eigenvalue weighted by Crippen LogP contribution is 2.44. The zero-order chi connectivity index (χ0) is 12.7. The molecule has 0 bridgehead atoms. The van der Waals surface area contributed by atoms with Gasteiger partial charge in [0.1, 0.15) is 5.78 Å². The third-order valence-electron chi connectivity index (χ3n) is 4.27. The third-order valence-corrected chi connectivity index (χ3v) is 4.27. The summed E-state index contributed by atoms with van der Waals surface area (Å²) in [7, 11) is 0. The van der Waals surface area contributed by atoms with Crippen LogP contribution >= 0.6 is 0 Å². The predicted octanol–water partition coefficient (Wildman–Crippen LogP) is 2.09. The first-order valence-corrected chi connectivity index (χ1v) is 6.54. The fourth-order valence-corrected chi connectivity index (χ4v) is 3.51. The molecule has 18 heavy (non-hydrogen) atoms. The Morgan fingerprint density at radius 1 is 1.11 bits per heavy atom. The van der Waals surface area contributed by atoms with Gasteiger partial charge in [-0.15, -0.1) is 0 Å². The van der Waals surface area contributed by atoms with Crippen LogP contribution in [-0.2, 0) is 9.59 Å². The van der Waals surface area contributed by atoms with Crippen LogP contribution in [0.25, 0.3) is 0 Å². The first-order valence-electron chi connectivity index (χ1n) is 6.54. The number of carbonyl (C=O) groups is 2. The number of hydrogen-bond acceptors (Lipinski definition) is 2. The van der Waals surface area contributed by atoms with E-state index in [9.17, 15) is 9.59 Å². The number of amides is 1. The zero-order valence-corrected chi connectivity index (χ0v) is 10.4. The van der Waals surface area contributed by atoms with Crippen LogP contribution in [0.4, 0.5) is 0 Å². The molecule has 0 aromatic heterocycles. The van der Waals surface area contributed by atoms with Crippen molar-refractivity contribution >= 4 is 11.7 Å². The molecular weight excluding hydrogens is 226 g/mol. The molecule has 4 atom stereocenters. The monoisotopic (exact) mass is 243 g/mol. The number of fused-ring (bicyclic) bond motifs is 1. The van der Waals surface area contributed by atoms with Crippen LogP contribution < -0.4 is 5.32 Å². The molecule has 1 saturated heterocycles. The number of hydrogen-bond donors (Lipinski definition) is 1. The number of ketones is 1. The molecule has 0 unspecified atom stereocenters. The summed E-state index contributed by atoms with van der Waals surface area (Å²) in [6.07, 6.45) is 1.09. The molecule has 1 heterocycles. The first kappa shape index (κ1) is 11.5. The minimum atomic E-state index is 0.00732. The van der Waals surface area contributed by atoms with Crippen LogP contribution in [0.2, 0.25) is 0 Å². The quantitative estimate of drug-likeness (QED) is 0.821. The lowest BCUT2D eigenvalue weighted by Crippen LogP contribution is -2.33. The molecule has 3 nitrogen and oxygen atoms in total. The third kappa shape index (κ3) is 1.74. The Labute approximate surface area is 107 Å². The van der Waals surface area contributed by atoms with Gasteiger partial charge in [0.15, 0.2) is 0 Å². The van der Waals surface area contributed by atoms with Gasteiger partial charge >= 0.3 is 0 Å². The van der Waals surface area contributed by atoms with Crippen LogP contribution in [0.15, 0.2) is 30.3 Å². The summed E-state index contributed by atoms with van der Waals surface area (Å²) < 4.78 is 0. The summed E-state index contributed by atoms with van der Waals surface area (Å²) >= 11 is 0. The van der Waals surface area contributed by atoms with Gasteiger partial charge in [-0.3, -0.25) is 9.59 Å². The standard InChI is InChI=1S/C15H17NO2/c1-9-7-11(17)8-12-13(9)15(18)16-14(12)10-5-3-2-4-6-10/h2-6,9,12-14H,7-8H2,1H3,(H,16,18)/t9-,12-,13+,14+/m0/s1. The van der Waals surface area contributed by atoms with Crippen molar-refractivity contribution in [3.63, 3.8) is 0 Å². The van der Waals surface area contributed by atoms with Crippen molar-refractivity contribution in [3.05, 3.63) is 35.9 Å². The fourth-order valence-electron chi connectivity index (χ4n) is 3.51. The van der Waals surface area contributed by atoms with E-state index in [-0.39, 0.29) is 29.7 Å². The smallest absolute Gasteiger partial charge is 0.224 e. The molecular formula is C15H17NO2. The number of carbonyl (C=O) groups excluding carboxylic acids is 2. The molecule has 1 aromatic carbocycles. The normalized spacial score (nSPS) is 35.2. The molecule has 3 heteroatoms. The maximum Gasteiger partial charge on any atom is 0.224 e. The molecule has 0 spiro atoms. The largest absolute Gasteiger partial charge is 0.349 e. The van der Waals surface area contributed by atoms with Crippen molar-refractivity contribution in [3.8, 4) is 0 Å². The lowest BCUT2D eigenvalue weighted by Gasteiger charge is -2.30. The van der Waals surface area contributed by atoms with Crippen molar-refractivity contribution in [1.29, 1.82) is 0 Å². The van der Waals surface area contributed by atoms with E-state index in [0.717, 1.165) is 5.56 Å². The molecule has 1 aromatic rings. The van der Waals surface area contributed by atoms with Crippen LogP contribution in [0.3, 0.4) is 0 Å². The highest BCUT2D eigenvalue weighted by Gasteiger charge is 2.48. The molecule has 1 amide bonds. The summed E-state index contributed by atoms with van der Waals surface area (Å²) in [6.45, 7) is 2.02. The van der Waals surface area contributed by atoms with Crippen LogP contribution in [0.1, 0.15) is 31.4 Å². The molecule has 0 radical (unpaired) electrons. The van der Waals surface area contributed by atoms with Crippen molar-refractivity contribution in [2.24, 2.45) is 17.8 Å². The van der Waals surface area contributed by atoms with Gasteiger partial charge in [0.25, 0.3) is 0 Å². The minimum Gasteiger partial charge on any atom is -0.349 e. The van der Waals surface area contributed by atoms with Gasteiger partial charge in [-0.2, -0.15) is 0 Å². The van der Waals surface area contributed by atoms with Crippen molar-refractivity contribution < 1.29 is 9.59 Å². The lowest BCUT2D eigenvalue weighted by molar-refractivity contribution is -0.129. The summed E-state index contributed by atoms with van der Waals surface area (Å²) in [5.41, 5.74) is 1.11. The lowest BCUT2D eigenvalue weighted by atomic mass is 9.71. The van der Waals surface area contributed by atoms with Gasteiger partial charge in [0.05, 0.1) is 6.04 Å². The average molecular weight is 243 g/mol. The topological polar surface area (TPSA) is 46.2 Å². The summed E-state index contributed by atoms with van der Waals surface area (Å²) in [6, 6.07) is 9.97. The highest BCUT2D eigenvalue weighted by atomic mass is 16.2. The van der Waals surface area contributed by atoms with E-state index in [1.807, 2.05) is 37.3 Å². The molecule has 2 fully saturated rings. The maximum absolute atomic E-state index is 12.1. The number of rotatable bonds is 1. The fraction of sp³-hybridized carbons (Fsp3) is 0.467. The Balaban J connectivity index is 1.94. The van der Waals surface area contributed by atoms with E-state index in [1.54, 1.807) is 0 Å². The van der Waals surface area contributed by atoms with Crippen molar-refractivity contribution in [1.82, 2.24) is 5.32 Å². The van der Waals surface area contributed by atoms with E-state index < -0.39 is 0 Å². The van der Waals surface area contributed by atoms with Crippen molar-refractivity contribution in [2.45, 2.75) is 25.8 Å². The second-order valence-electron chi connectivity index (χ2n) is 5.51. The molecule has 1 N–H and O–H groups in total. The summed E-state index contributed by atoms with van der Waals surface area (Å²) in [4.78, 5) is 23.8. The van der Waals surface area contributed by atoms with Gasteiger partial charge in [0.2, 0.25) is 5.91 Å². The molecule has 3 rings (SSSR count). The van der Waals surface area contributed by atoms with E-state index in [2.05, 4.69) is 5.32 Å². The molecule has 2 aliphatic rings. The maximum atomic E-state index is 12.1. The van der Waals surface area contributed by atoms with Gasteiger partial charge in [-0.05, 0) is 11.5 Å². The van der Waals surface area contributed by atoms with Crippen LogP contribution in [-0.4, -0.2) is 11.7 Å². The zero-order valence-electron chi connectivity index (χ0n) is 10.4. The predicted molar refractivity (Wildman–Crippen MR) is 67.7 cm³/mol. The van der Waals surface area contributed by atoms with E-state index >= 15 is 0 Å². The number of Topliss-reactive ketones (excluding diaryl/α,β-unsaturated/α-hetero) is 1. The first-order chi connectivity index (χ1) is 8.66. The Hall–Kier alpha value is -1.64. The Morgan fingerprint density at radius 2 is 1.83 bits per heavy atom. The molecule has 1 aliphatic carbocycles. The molecule has 94 valence electrons. The molecule has 1 aliphatic heterocycles. The SMILES string of the molecule is C[C@H]1CC(=O)C[C@H]2[C@@H]1C(=O)N[C@@H]2c1ccccc1. The Kier molecular flexibility index (Phi) is 2.69. The molecule has 1 saturated carbocycles. The van der Waals surface area contributed by atoms with Gasteiger partial charge in [-0.1, -0.05) is 37.3 Å². The highest BCUT2D eigenvalue weighted by molar-refractivity contribution is 5.88.